The first-order valence-electron chi connectivity index (χ1n) is 18.2. The molecular formula is C46H48F3IO6S3. The molecule has 0 aliphatic rings. The zero-order chi connectivity index (χ0) is 44.1. The van der Waals surface area contributed by atoms with Crippen LogP contribution < -0.4 is 21.2 Å². The first kappa shape index (κ1) is 49.4. The molecule has 0 saturated heterocycles. The van der Waals surface area contributed by atoms with Crippen molar-refractivity contribution in [1.82, 2.24) is 0 Å². The third-order valence-electron chi connectivity index (χ3n) is 8.17. The van der Waals surface area contributed by atoms with Gasteiger partial charge in [0, 0.05) is 0 Å². The van der Waals surface area contributed by atoms with Gasteiger partial charge in [-0.15, -0.1) is 0 Å². The monoisotopic (exact) mass is 976 g/mol. The summed E-state index contributed by atoms with van der Waals surface area (Å²) >= 11 is -0.0703. The van der Waals surface area contributed by atoms with Gasteiger partial charge < -0.3 is 9.11 Å². The zero-order valence-corrected chi connectivity index (χ0v) is 38.4. The molecule has 13 heteroatoms. The predicted molar refractivity (Wildman–Crippen MR) is 224 cm³/mol. The van der Waals surface area contributed by atoms with Crippen LogP contribution in [0.2, 0.25) is 0 Å². The zero-order valence-electron chi connectivity index (χ0n) is 33.8. The van der Waals surface area contributed by atoms with Crippen molar-refractivity contribution in [3.63, 3.8) is 0 Å². The normalized spacial score (nSPS) is 11.9. The lowest BCUT2D eigenvalue weighted by Crippen LogP contribution is -3.61. The van der Waals surface area contributed by atoms with Gasteiger partial charge in [-0.25, -0.2) is 16.8 Å². The summed E-state index contributed by atoms with van der Waals surface area (Å²) < 4.78 is 93.1. The predicted octanol–water partition coefficient (Wildman–Crippen LogP) is 8.14. The lowest BCUT2D eigenvalue weighted by atomic mass is 9.87. The molecule has 0 unspecified atom stereocenters. The van der Waals surface area contributed by atoms with Gasteiger partial charge in [0.2, 0.25) is 0 Å². The fraction of sp³-hybridized carbons (Fsp3) is 0.217. The standard InChI is InChI=1S/C20H26I.C18H15S.C7H8O3S.CHF3O3S/c1-19(2,3)15-7-11-17(12-8-15)21-18-13-9-16(10-14-18)20(4,5)6;1-4-10-16(11-5-1)19(17-12-6-2-7-13-17)18-14-8-3-9-15-18;1-6-2-4-7(5-3-6)11(8,9)10;2-1(3,4)8(5,6)7/h7-14H,1-6H3;1-15H;2-5H,1H3,(H,8,9,10);(H,5,6,7)/q2*+1;;/p-2. The van der Waals surface area contributed by atoms with Crippen molar-refractivity contribution in [3.05, 3.63) is 188 Å². The summed E-state index contributed by atoms with van der Waals surface area (Å²) in [6.45, 7) is 15.4. The molecule has 0 aliphatic heterocycles. The lowest BCUT2D eigenvalue weighted by molar-refractivity contribution is -0.597. The van der Waals surface area contributed by atoms with E-state index in [0.717, 1.165) is 5.56 Å². The van der Waals surface area contributed by atoms with Gasteiger partial charge in [0.05, 0.1) is 15.8 Å². The van der Waals surface area contributed by atoms with Gasteiger partial charge in [-0.2, -0.15) is 13.2 Å². The van der Waals surface area contributed by atoms with E-state index in [1.54, 1.807) is 12.1 Å². The van der Waals surface area contributed by atoms with Crippen LogP contribution in [0.3, 0.4) is 0 Å². The minimum absolute atomic E-state index is 0.0146. The molecular weight excluding hydrogens is 929 g/mol. The van der Waals surface area contributed by atoms with Gasteiger partial charge in [-0.05, 0) is 102 Å². The van der Waals surface area contributed by atoms with Gasteiger partial charge in [0.1, 0.15) is 10.1 Å². The van der Waals surface area contributed by atoms with E-state index in [1.807, 2.05) is 6.92 Å². The number of hydrogen-bond acceptors (Lipinski definition) is 6. The Labute approximate surface area is 361 Å². The molecule has 314 valence electrons. The third-order valence-corrected chi connectivity index (χ3v) is 14.5. The van der Waals surface area contributed by atoms with E-state index < -0.39 is 25.7 Å². The molecule has 6 rings (SSSR count). The minimum Gasteiger partial charge on any atom is -0.744 e. The summed E-state index contributed by atoms with van der Waals surface area (Å²) in [6.07, 6.45) is 0. The largest absolute Gasteiger partial charge is 0.744 e. The Balaban J connectivity index is 0.000000224. The van der Waals surface area contributed by atoms with Crippen LogP contribution in [0.5, 0.6) is 0 Å². The highest BCUT2D eigenvalue weighted by Crippen LogP contribution is 2.30. The Morgan fingerprint density at radius 2 is 0.763 bits per heavy atom. The van der Waals surface area contributed by atoms with E-state index in [2.05, 4.69) is 181 Å². The second-order valence-electron chi connectivity index (χ2n) is 15.0. The average molecular weight is 977 g/mol. The first-order valence-corrected chi connectivity index (χ1v) is 24.4. The van der Waals surface area contributed by atoms with E-state index in [4.69, 9.17) is 13.0 Å². The smallest absolute Gasteiger partial charge is 0.485 e. The highest BCUT2D eigenvalue weighted by molar-refractivity contribution is 7.97. The number of rotatable bonds is 6. The van der Waals surface area contributed by atoms with Crippen LogP contribution >= 0.6 is 0 Å². The molecule has 0 atom stereocenters. The van der Waals surface area contributed by atoms with Crippen molar-refractivity contribution in [1.29, 1.82) is 0 Å². The lowest BCUT2D eigenvalue weighted by Gasteiger charge is -2.18. The summed E-state index contributed by atoms with van der Waals surface area (Å²) in [4.78, 5) is 3.91. The average Bonchev–Trinajstić information content (AvgIpc) is 3.16. The van der Waals surface area contributed by atoms with E-state index >= 15 is 0 Å². The molecule has 59 heavy (non-hydrogen) atoms. The SMILES string of the molecule is CC(C)(C)c1ccc([I+]c2ccc(C(C)(C)C)cc2)cc1.Cc1ccc(S(=O)(=O)[O-])cc1.O=S(=O)([O-])C(F)(F)F.c1ccc([S+](c2ccccc2)c2ccccc2)cc1. The van der Waals surface area contributed by atoms with Crippen LogP contribution in [0.15, 0.2) is 183 Å². The van der Waals surface area contributed by atoms with Crippen molar-refractivity contribution < 1.29 is 60.3 Å². The van der Waals surface area contributed by atoms with Crippen molar-refractivity contribution in [2.75, 3.05) is 0 Å². The van der Waals surface area contributed by atoms with E-state index in [1.165, 1.54) is 45.1 Å². The molecule has 6 aromatic carbocycles. The molecule has 0 heterocycles. The van der Waals surface area contributed by atoms with Gasteiger partial charge in [0.15, 0.2) is 31.9 Å². The molecule has 0 N–H and O–H groups in total. The number of hydrogen-bond donors (Lipinski definition) is 0. The van der Waals surface area contributed by atoms with Gasteiger partial charge in [-0.1, -0.05) is 138 Å². The summed E-state index contributed by atoms with van der Waals surface area (Å²) in [5.41, 5.74) is -1.40. The Bertz CT molecular complexity index is 2230. The Morgan fingerprint density at radius 1 is 0.475 bits per heavy atom. The van der Waals surface area contributed by atoms with E-state index in [0.29, 0.717) is 0 Å². The van der Waals surface area contributed by atoms with Crippen molar-refractivity contribution in [3.8, 4) is 0 Å². The maximum Gasteiger partial charge on any atom is 0.485 e. The molecule has 0 aromatic heterocycles. The van der Waals surface area contributed by atoms with Crippen LogP contribution in [0, 0.1) is 14.1 Å². The van der Waals surface area contributed by atoms with Crippen molar-refractivity contribution in [2.24, 2.45) is 0 Å². The Hall–Kier alpha value is -3.99. The molecule has 0 fully saturated rings. The van der Waals surface area contributed by atoms with E-state index in [-0.39, 0.29) is 47.8 Å². The number of halogens is 4. The van der Waals surface area contributed by atoms with Crippen LogP contribution in [0.4, 0.5) is 13.2 Å². The van der Waals surface area contributed by atoms with Crippen LogP contribution in [0.1, 0.15) is 58.2 Å². The summed E-state index contributed by atoms with van der Waals surface area (Å²) in [7, 11) is -10.4. The summed E-state index contributed by atoms with van der Waals surface area (Å²) in [5.74, 6) is 0. The van der Waals surface area contributed by atoms with E-state index in [9.17, 15) is 26.1 Å². The molecule has 0 bridgehead atoms. The molecule has 6 nitrogen and oxygen atoms in total. The molecule has 0 radical (unpaired) electrons. The second kappa shape index (κ2) is 21.5. The van der Waals surface area contributed by atoms with Gasteiger partial charge >= 0.3 is 26.7 Å². The fourth-order valence-electron chi connectivity index (χ4n) is 4.93. The highest BCUT2D eigenvalue weighted by Gasteiger charge is 2.37. The maximum absolute atomic E-state index is 10.7. The van der Waals surface area contributed by atoms with Gasteiger partial charge in [0.25, 0.3) is 0 Å². The fourth-order valence-corrected chi connectivity index (χ4v) is 9.67. The minimum atomic E-state index is -6.09. The number of alkyl halides is 3. The highest BCUT2D eigenvalue weighted by atomic mass is 127. The molecule has 0 saturated carbocycles. The Kier molecular flexibility index (Phi) is 18.0. The quantitative estimate of drug-likeness (QED) is 0.0721. The maximum atomic E-state index is 10.7. The van der Waals surface area contributed by atoms with Crippen LogP contribution in [-0.4, -0.2) is 31.4 Å². The molecule has 6 aromatic rings. The molecule has 0 amide bonds. The summed E-state index contributed by atoms with van der Waals surface area (Å²) in [6, 6.07) is 56.3. The molecule has 0 spiro atoms. The third kappa shape index (κ3) is 16.9. The summed E-state index contributed by atoms with van der Waals surface area (Å²) in [5, 5.41) is 0. The van der Waals surface area contributed by atoms with Crippen molar-refractivity contribution >= 4 is 31.1 Å². The van der Waals surface area contributed by atoms with Crippen molar-refractivity contribution in [2.45, 2.75) is 84.4 Å². The van der Waals surface area contributed by atoms with Crippen LogP contribution in [-0.2, 0) is 42.0 Å². The Morgan fingerprint density at radius 3 is 1.00 bits per heavy atom. The number of benzene rings is 6. The number of aryl methyl sites for hydroxylation is 1. The first-order chi connectivity index (χ1) is 27.4. The van der Waals surface area contributed by atoms with Crippen LogP contribution in [0.25, 0.3) is 0 Å². The second-order valence-corrected chi connectivity index (χ2v) is 22.8. The van der Waals surface area contributed by atoms with Gasteiger partial charge in [-0.3, -0.25) is 0 Å². The topological polar surface area (TPSA) is 114 Å². The molecule has 0 aliphatic carbocycles.